The number of para-hydroxylation sites is 2. The van der Waals surface area contributed by atoms with Gasteiger partial charge in [-0.3, -0.25) is 18.8 Å². The Morgan fingerprint density at radius 3 is 2.52 bits per heavy atom. The third-order valence-electron chi connectivity index (χ3n) is 5.56. The van der Waals surface area contributed by atoms with Crippen molar-refractivity contribution in [2.45, 2.75) is 6.92 Å². The standard InChI is InChI=1S/C24H18N4O3S2/c1-14-20(23(31)28(26(14)2)17-9-4-3-5-10-17)27-22(30)19(33-24(27)32)13-16-12-15-8-6-7-11-18(15)25-21(16)29/h3-13,30H,1-2H3/b16-13+. The number of hydrogen-bond acceptors (Lipinski definition) is 5. The van der Waals surface area contributed by atoms with Crippen LogP contribution < -0.4 is 16.1 Å². The van der Waals surface area contributed by atoms with Crippen molar-refractivity contribution in [3.05, 3.63) is 95.6 Å². The summed E-state index contributed by atoms with van der Waals surface area (Å²) in [7, 11) is 1.78. The number of aromatic hydroxyl groups is 1. The van der Waals surface area contributed by atoms with E-state index in [1.54, 1.807) is 36.9 Å². The SMILES string of the molecule is Cc1c(-n2c(O)c(/C=C3\C=c4ccccc4=NC3=O)sc2=S)c(=O)n(-c2ccccc2)n1C. The fourth-order valence-electron chi connectivity index (χ4n) is 3.84. The van der Waals surface area contributed by atoms with Gasteiger partial charge in [0, 0.05) is 17.8 Å². The van der Waals surface area contributed by atoms with Gasteiger partial charge in [0.15, 0.2) is 3.95 Å². The smallest absolute Gasteiger partial charge is 0.296 e. The van der Waals surface area contributed by atoms with Gasteiger partial charge in [-0.15, -0.1) is 11.3 Å². The summed E-state index contributed by atoms with van der Waals surface area (Å²) in [6, 6.07) is 16.6. The first-order valence-corrected chi connectivity index (χ1v) is 11.3. The summed E-state index contributed by atoms with van der Waals surface area (Å²) in [4.78, 5) is 30.4. The molecule has 1 aliphatic rings. The second-order valence-corrected chi connectivity index (χ2v) is 9.20. The third-order valence-corrected chi connectivity index (χ3v) is 6.87. The highest BCUT2D eigenvalue weighted by molar-refractivity contribution is 7.73. The summed E-state index contributed by atoms with van der Waals surface area (Å²) in [5, 5.41) is 12.5. The maximum absolute atomic E-state index is 13.4. The summed E-state index contributed by atoms with van der Waals surface area (Å²) in [6.45, 7) is 1.79. The highest BCUT2D eigenvalue weighted by Crippen LogP contribution is 2.32. The lowest BCUT2D eigenvalue weighted by molar-refractivity contribution is -0.114. The van der Waals surface area contributed by atoms with E-state index in [1.807, 2.05) is 48.5 Å². The zero-order chi connectivity index (χ0) is 23.3. The van der Waals surface area contributed by atoms with Crippen LogP contribution >= 0.6 is 23.6 Å². The lowest BCUT2D eigenvalue weighted by atomic mass is 10.1. The van der Waals surface area contributed by atoms with Crippen molar-refractivity contribution in [2.24, 2.45) is 12.0 Å². The quantitative estimate of drug-likeness (QED) is 0.366. The first-order valence-electron chi connectivity index (χ1n) is 10.1. The molecule has 0 atom stereocenters. The van der Waals surface area contributed by atoms with Gasteiger partial charge in [0.25, 0.3) is 11.5 Å². The van der Waals surface area contributed by atoms with Gasteiger partial charge in [-0.1, -0.05) is 36.4 Å². The van der Waals surface area contributed by atoms with Gasteiger partial charge >= 0.3 is 0 Å². The Hall–Kier alpha value is -3.82. The lowest BCUT2D eigenvalue weighted by Crippen LogP contribution is -2.29. The molecular weight excluding hydrogens is 456 g/mol. The molecule has 4 aromatic rings. The summed E-state index contributed by atoms with van der Waals surface area (Å²) < 4.78 is 4.90. The zero-order valence-corrected chi connectivity index (χ0v) is 19.4. The van der Waals surface area contributed by atoms with E-state index in [9.17, 15) is 14.7 Å². The van der Waals surface area contributed by atoms with Crippen molar-refractivity contribution in [2.75, 3.05) is 0 Å². The van der Waals surface area contributed by atoms with E-state index in [-0.39, 0.29) is 17.1 Å². The van der Waals surface area contributed by atoms with Crippen LogP contribution in [0, 0.1) is 10.9 Å². The minimum Gasteiger partial charge on any atom is -0.493 e. The molecule has 0 saturated carbocycles. The van der Waals surface area contributed by atoms with Crippen molar-refractivity contribution < 1.29 is 9.90 Å². The molecule has 2 aromatic heterocycles. The van der Waals surface area contributed by atoms with Crippen LogP contribution in [0.5, 0.6) is 5.88 Å². The van der Waals surface area contributed by atoms with Gasteiger partial charge in [-0.2, -0.15) is 0 Å². The molecule has 0 fully saturated rings. The molecule has 1 amide bonds. The summed E-state index contributed by atoms with van der Waals surface area (Å²) in [6.07, 6.45) is 3.29. The number of hydrogen-bond donors (Lipinski definition) is 1. The van der Waals surface area contributed by atoms with E-state index in [2.05, 4.69) is 4.99 Å². The lowest BCUT2D eigenvalue weighted by Gasteiger charge is -2.07. The van der Waals surface area contributed by atoms with Crippen molar-refractivity contribution in [3.8, 4) is 17.3 Å². The van der Waals surface area contributed by atoms with Crippen LogP contribution in [0.1, 0.15) is 10.6 Å². The molecule has 164 valence electrons. The number of carbonyl (C=O) groups excluding carboxylic acids is 1. The Kier molecular flexibility index (Phi) is 5.07. The van der Waals surface area contributed by atoms with Crippen LogP contribution in [0.2, 0.25) is 0 Å². The monoisotopic (exact) mass is 474 g/mol. The fraction of sp³-hybridized carbons (Fsp3) is 0.0833. The van der Waals surface area contributed by atoms with Crippen LogP contribution in [0.3, 0.4) is 0 Å². The molecule has 0 saturated heterocycles. The number of amides is 1. The zero-order valence-electron chi connectivity index (χ0n) is 17.7. The number of benzene rings is 2. The van der Waals surface area contributed by atoms with Gasteiger partial charge in [0.1, 0.15) is 5.69 Å². The van der Waals surface area contributed by atoms with Crippen LogP contribution in [-0.2, 0) is 11.8 Å². The Morgan fingerprint density at radius 2 is 1.76 bits per heavy atom. The van der Waals surface area contributed by atoms with E-state index >= 15 is 0 Å². The molecule has 9 heteroatoms. The molecule has 0 radical (unpaired) electrons. The molecular formula is C24H18N4O3S2. The topological polar surface area (TPSA) is 81.5 Å². The summed E-state index contributed by atoms with van der Waals surface area (Å²) in [5.74, 6) is -0.593. The van der Waals surface area contributed by atoms with Crippen LogP contribution in [0.4, 0.5) is 0 Å². The summed E-state index contributed by atoms with van der Waals surface area (Å²) in [5.41, 5.74) is 1.62. The largest absolute Gasteiger partial charge is 0.493 e. The minimum absolute atomic E-state index is 0.191. The Labute approximate surface area is 197 Å². The molecule has 5 rings (SSSR count). The molecule has 7 nitrogen and oxygen atoms in total. The predicted molar refractivity (Wildman–Crippen MR) is 130 cm³/mol. The van der Waals surface area contributed by atoms with E-state index in [0.717, 1.165) is 16.6 Å². The Morgan fingerprint density at radius 1 is 1.06 bits per heavy atom. The van der Waals surface area contributed by atoms with E-state index < -0.39 is 5.91 Å². The van der Waals surface area contributed by atoms with Gasteiger partial charge in [-0.05, 0) is 49.5 Å². The maximum atomic E-state index is 13.4. The normalized spacial score (nSPS) is 14.1. The molecule has 0 bridgehead atoms. The molecule has 2 aromatic carbocycles. The van der Waals surface area contributed by atoms with Gasteiger partial charge in [0.2, 0.25) is 5.88 Å². The molecule has 33 heavy (non-hydrogen) atoms. The molecule has 0 unspecified atom stereocenters. The van der Waals surface area contributed by atoms with E-state index in [4.69, 9.17) is 12.2 Å². The summed E-state index contributed by atoms with van der Waals surface area (Å²) >= 11 is 6.63. The highest BCUT2D eigenvalue weighted by Gasteiger charge is 2.23. The van der Waals surface area contributed by atoms with Crippen molar-refractivity contribution in [1.29, 1.82) is 0 Å². The number of aromatic nitrogens is 3. The van der Waals surface area contributed by atoms with Crippen LogP contribution in [-0.4, -0.2) is 24.9 Å². The van der Waals surface area contributed by atoms with Crippen LogP contribution in [0.15, 0.2) is 70.0 Å². The number of thiazole rings is 1. The number of fused-ring (bicyclic) bond motifs is 1. The van der Waals surface area contributed by atoms with Crippen molar-refractivity contribution >= 4 is 41.6 Å². The molecule has 1 N–H and O–H groups in total. The predicted octanol–water partition coefficient (Wildman–Crippen LogP) is 2.80. The van der Waals surface area contributed by atoms with Gasteiger partial charge in [-0.25, -0.2) is 9.67 Å². The number of rotatable bonds is 3. The molecule has 0 aliphatic carbocycles. The van der Waals surface area contributed by atoms with Crippen LogP contribution in [0.25, 0.3) is 23.5 Å². The van der Waals surface area contributed by atoms with E-state index in [0.29, 0.717) is 31.1 Å². The van der Waals surface area contributed by atoms with E-state index in [1.165, 1.54) is 9.25 Å². The molecule has 3 heterocycles. The second kappa shape index (κ2) is 7.95. The molecule has 0 spiro atoms. The van der Waals surface area contributed by atoms with Gasteiger partial charge in [0.05, 0.1) is 21.6 Å². The Bertz CT molecular complexity index is 1700. The third kappa shape index (κ3) is 3.42. The molecule has 1 aliphatic heterocycles. The highest BCUT2D eigenvalue weighted by atomic mass is 32.1. The maximum Gasteiger partial charge on any atom is 0.296 e. The second-order valence-electron chi connectivity index (χ2n) is 7.52. The van der Waals surface area contributed by atoms with Crippen molar-refractivity contribution in [3.63, 3.8) is 0 Å². The Balaban J connectivity index is 1.68. The fourth-order valence-corrected chi connectivity index (χ4v) is 5.12. The first-order chi connectivity index (χ1) is 15.9. The number of nitrogens with zero attached hydrogens (tertiary/aromatic N) is 4. The van der Waals surface area contributed by atoms with Crippen molar-refractivity contribution in [1.82, 2.24) is 13.9 Å². The minimum atomic E-state index is -0.402. The average Bonchev–Trinajstić information content (AvgIpc) is 3.20. The number of carbonyl (C=O) groups is 1. The average molecular weight is 475 g/mol. The first kappa shape index (κ1) is 21.0. The van der Waals surface area contributed by atoms with Gasteiger partial charge < -0.3 is 5.11 Å².